The summed E-state index contributed by atoms with van der Waals surface area (Å²) in [7, 11) is -9.88. The van der Waals surface area contributed by atoms with Crippen LogP contribution >= 0.6 is 10.2 Å². The number of aromatic nitrogens is 3. The van der Waals surface area contributed by atoms with E-state index in [-0.39, 0.29) is 70.5 Å². The molecule has 2 aromatic heterocycles. The van der Waals surface area contributed by atoms with E-state index in [1.807, 2.05) is 0 Å². The minimum Gasteiger partial charge on any atom is -0.508 e. The summed E-state index contributed by atoms with van der Waals surface area (Å²) in [4.78, 5) is 16.6. The van der Waals surface area contributed by atoms with E-state index in [4.69, 9.17) is 25.9 Å². The summed E-state index contributed by atoms with van der Waals surface area (Å²) >= 11 is 0. The zero-order valence-corrected chi connectivity index (χ0v) is 31.2. The Morgan fingerprint density at radius 2 is 1.81 bits per heavy atom. The monoisotopic (exact) mass is 814 g/mol. The fourth-order valence-electron chi connectivity index (χ4n) is 9.18. The Morgan fingerprint density at radius 3 is 2.61 bits per heavy atom. The summed E-state index contributed by atoms with van der Waals surface area (Å²) in [5, 5.41) is 15.2. The van der Waals surface area contributed by atoms with E-state index in [2.05, 4.69) is 26.0 Å². The first kappa shape index (κ1) is 37.5. The smallest absolute Gasteiger partial charge is 0.319 e. The van der Waals surface area contributed by atoms with E-state index in [9.17, 15) is 24.5 Å². The van der Waals surface area contributed by atoms with Crippen molar-refractivity contribution in [2.75, 3.05) is 44.3 Å². The Hall–Kier alpha value is -5.05. The number of nitrogens with one attached hydrogen (secondary N) is 1. The second kappa shape index (κ2) is 12.7. The van der Waals surface area contributed by atoms with Crippen molar-refractivity contribution in [2.24, 2.45) is 0 Å². The Morgan fingerprint density at radius 1 is 0.965 bits per heavy atom. The quantitative estimate of drug-likeness (QED) is 0.118. The summed E-state index contributed by atoms with van der Waals surface area (Å²) in [6.07, 6.45) is 9.67. The van der Waals surface area contributed by atoms with Crippen molar-refractivity contribution in [2.45, 2.75) is 61.0 Å². The number of piperazine rings is 1. The molecule has 0 radical (unpaired) electrons. The molecule has 4 aliphatic rings. The molecular formula is C40H37F7N6O3S. The highest BCUT2D eigenvalue weighted by molar-refractivity contribution is 8.45. The minimum atomic E-state index is -9.88. The molecule has 300 valence electrons. The number of pyridine rings is 1. The molecule has 0 spiro atoms. The van der Waals surface area contributed by atoms with Gasteiger partial charge in [0.2, 0.25) is 0 Å². The van der Waals surface area contributed by atoms with E-state index < -0.39 is 32.3 Å². The molecule has 0 aliphatic carbocycles. The standard InChI is InChI=1S/C40H37F7N6O3S/c1-2-29-31(41)9-7-23-17-26(54)18-30(33(23)29)36-35(42)37-34-32(49-36)10-8-24-20-48-14-16-52(24)38(34)51-39(50-37)56-22-40-12-4-15-53(40)25(11-13-40)21-55-27-5-3-6-28(19-27)57(43,44,45,46)47/h1,3,5-7,9,17-19,24-25,48,54H,4,8,10-16,20-22H2/t24?,25-,40?/m0/s1. The average Bonchev–Trinajstić information content (AvgIpc) is 3.69. The molecule has 4 aliphatic heterocycles. The number of rotatable bonds is 8. The minimum absolute atomic E-state index is 0.0124. The fraction of sp³-hybridized carbons (Fsp3) is 0.375. The topological polar surface area (TPSA) is 95.9 Å². The van der Waals surface area contributed by atoms with Gasteiger partial charge in [-0.05, 0) is 80.8 Å². The lowest BCUT2D eigenvalue weighted by Crippen LogP contribution is -2.51. The van der Waals surface area contributed by atoms with Gasteiger partial charge in [-0.1, -0.05) is 37.5 Å². The van der Waals surface area contributed by atoms with E-state index in [0.29, 0.717) is 86.3 Å². The van der Waals surface area contributed by atoms with Crippen LogP contribution in [0.1, 0.15) is 43.4 Å². The molecule has 0 saturated carbocycles. The number of nitrogens with zero attached hydrogens (tertiary/aromatic N) is 5. The largest absolute Gasteiger partial charge is 0.508 e. The first-order valence-electron chi connectivity index (χ1n) is 18.7. The van der Waals surface area contributed by atoms with Crippen LogP contribution in [0.25, 0.3) is 32.9 Å². The Bertz CT molecular complexity index is 2520. The van der Waals surface area contributed by atoms with Gasteiger partial charge < -0.3 is 24.8 Å². The lowest BCUT2D eigenvalue weighted by molar-refractivity contribution is 0.0686. The fourth-order valence-corrected chi connectivity index (χ4v) is 9.85. The van der Waals surface area contributed by atoms with E-state index in [1.165, 1.54) is 30.3 Å². The van der Waals surface area contributed by atoms with Crippen LogP contribution in [-0.4, -0.2) is 82.0 Å². The van der Waals surface area contributed by atoms with Gasteiger partial charge in [0.1, 0.15) is 52.5 Å². The van der Waals surface area contributed by atoms with Gasteiger partial charge in [0.15, 0.2) is 5.82 Å². The molecule has 57 heavy (non-hydrogen) atoms. The zero-order chi connectivity index (χ0) is 40.0. The van der Waals surface area contributed by atoms with Crippen LogP contribution in [0.4, 0.5) is 34.0 Å². The van der Waals surface area contributed by atoms with E-state index >= 15 is 8.78 Å². The third-order valence-electron chi connectivity index (χ3n) is 11.8. The zero-order valence-electron chi connectivity index (χ0n) is 30.4. The summed E-state index contributed by atoms with van der Waals surface area (Å²) < 4.78 is 112. The molecule has 0 amide bonds. The maximum Gasteiger partial charge on any atom is 0.319 e. The number of terminal acetylenes is 1. The molecule has 0 bridgehead atoms. The average molecular weight is 815 g/mol. The molecule has 5 aromatic rings. The van der Waals surface area contributed by atoms with Crippen LogP contribution in [0, 0.1) is 24.0 Å². The van der Waals surface area contributed by atoms with Crippen molar-refractivity contribution in [3.8, 4) is 41.1 Å². The molecule has 17 heteroatoms. The summed E-state index contributed by atoms with van der Waals surface area (Å²) in [6, 6.07) is 7.90. The Kier molecular flexibility index (Phi) is 8.38. The molecule has 9 rings (SSSR count). The molecule has 9 nitrogen and oxygen atoms in total. The maximum atomic E-state index is 17.2. The van der Waals surface area contributed by atoms with Crippen LogP contribution < -0.4 is 19.7 Å². The van der Waals surface area contributed by atoms with Gasteiger partial charge in [-0.3, -0.25) is 4.90 Å². The number of hydrogen-bond donors (Lipinski definition) is 2. The first-order chi connectivity index (χ1) is 27.0. The number of benzene rings is 3. The molecule has 2 N–H and O–H groups in total. The van der Waals surface area contributed by atoms with Gasteiger partial charge in [0.25, 0.3) is 0 Å². The lowest BCUT2D eigenvalue weighted by Gasteiger charge is -2.40. The number of fused-ring (bicyclic) bond motifs is 4. The summed E-state index contributed by atoms with van der Waals surface area (Å²) in [5.41, 5.74) is -0.149. The van der Waals surface area contributed by atoms with Crippen molar-refractivity contribution >= 4 is 37.7 Å². The number of anilines is 1. The van der Waals surface area contributed by atoms with Gasteiger partial charge in [0, 0.05) is 48.7 Å². The van der Waals surface area contributed by atoms with Gasteiger partial charge >= 0.3 is 16.2 Å². The number of hydrogen-bond acceptors (Lipinski definition) is 9. The predicted molar refractivity (Wildman–Crippen MR) is 203 cm³/mol. The van der Waals surface area contributed by atoms with Gasteiger partial charge in [-0.15, -0.1) is 6.42 Å². The number of ether oxygens (including phenoxy) is 2. The number of phenolic OH excluding ortho intramolecular Hbond substituents is 1. The van der Waals surface area contributed by atoms with Gasteiger partial charge in [0.05, 0.1) is 22.2 Å². The van der Waals surface area contributed by atoms with Crippen molar-refractivity contribution in [3.63, 3.8) is 0 Å². The number of aryl methyl sites for hydroxylation is 1. The molecule has 6 heterocycles. The van der Waals surface area contributed by atoms with Crippen molar-refractivity contribution in [3.05, 3.63) is 71.4 Å². The summed E-state index contributed by atoms with van der Waals surface area (Å²) in [6.45, 7) is 2.67. The van der Waals surface area contributed by atoms with Crippen molar-refractivity contribution in [1.29, 1.82) is 0 Å². The number of halogens is 7. The van der Waals surface area contributed by atoms with Crippen LogP contribution in [-0.2, 0) is 6.42 Å². The lowest BCUT2D eigenvalue weighted by atomic mass is 9.95. The van der Waals surface area contributed by atoms with Crippen LogP contribution in [0.3, 0.4) is 0 Å². The highest BCUT2D eigenvalue weighted by Gasteiger charge is 2.65. The molecular weight excluding hydrogens is 778 g/mol. The van der Waals surface area contributed by atoms with Crippen molar-refractivity contribution in [1.82, 2.24) is 25.2 Å². The van der Waals surface area contributed by atoms with Gasteiger partial charge in [-0.25, -0.2) is 13.8 Å². The molecule has 3 aromatic carbocycles. The molecule has 3 atom stereocenters. The van der Waals surface area contributed by atoms with Gasteiger partial charge in [-0.2, -0.15) is 9.97 Å². The Labute approximate surface area is 322 Å². The van der Waals surface area contributed by atoms with Crippen LogP contribution in [0.2, 0.25) is 0 Å². The molecule has 3 saturated heterocycles. The van der Waals surface area contributed by atoms with E-state index in [0.717, 1.165) is 18.9 Å². The van der Waals surface area contributed by atoms with E-state index in [1.54, 1.807) is 0 Å². The summed E-state index contributed by atoms with van der Waals surface area (Å²) in [5.74, 6) is 0.871. The normalized spacial score (nSPS) is 23.4. The number of phenols is 1. The SMILES string of the molecule is C#Cc1c(F)ccc2cc(O)cc(-c3nc4c5c(nc(OCC67CCCN6[C@H](COc6cccc(S(F)(F)(F)(F)F)c6)CC7)nc5c3F)N3CCNCC3CC4)c12. The molecule has 3 fully saturated rings. The van der Waals surface area contributed by atoms with Crippen LogP contribution in [0.5, 0.6) is 17.5 Å². The molecule has 2 unspecified atom stereocenters. The predicted octanol–water partition coefficient (Wildman–Crippen LogP) is 8.65. The van der Waals surface area contributed by atoms with Crippen LogP contribution in [0.15, 0.2) is 53.4 Å². The first-order valence-corrected chi connectivity index (χ1v) is 20.6. The highest BCUT2D eigenvalue weighted by atomic mass is 32.5. The second-order valence-corrected chi connectivity index (χ2v) is 17.7. The highest BCUT2D eigenvalue weighted by Crippen LogP contribution is 3.02. The second-order valence-electron chi connectivity index (χ2n) is 15.3. The number of aromatic hydroxyl groups is 1. The Balaban J connectivity index is 1.06. The third kappa shape index (κ3) is 6.61. The third-order valence-corrected chi connectivity index (χ3v) is 13.0. The maximum absolute atomic E-state index is 17.2. The van der Waals surface area contributed by atoms with Crippen molar-refractivity contribution < 1.29 is 42.8 Å².